The summed E-state index contributed by atoms with van der Waals surface area (Å²) >= 11 is 0. The molecular weight excluding hydrogens is 416 g/mol. The second-order valence-electron chi connectivity index (χ2n) is 10.5. The Morgan fingerprint density at radius 1 is 1.28 bits per heavy atom. The van der Waals surface area contributed by atoms with Gasteiger partial charge in [0.25, 0.3) is 0 Å². The van der Waals surface area contributed by atoms with E-state index in [0.717, 1.165) is 5.56 Å². The number of para-hydroxylation sites is 1. The minimum Gasteiger partial charge on any atom is -0.495 e. The second kappa shape index (κ2) is 4.84. The molecule has 2 N–H and O–H groups in total. The summed E-state index contributed by atoms with van der Waals surface area (Å²) in [5.74, 6) is -0.380. The molecule has 0 radical (unpaired) electrons. The van der Waals surface area contributed by atoms with Gasteiger partial charge in [0.1, 0.15) is 23.6 Å². The highest BCUT2D eigenvalue weighted by atomic mass is 16.6. The van der Waals surface area contributed by atoms with Crippen LogP contribution < -0.4 is 9.64 Å². The van der Waals surface area contributed by atoms with E-state index in [9.17, 15) is 19.8 Å². The molecule has 3 spiro atoms. The van der Waals surface area contributed by atoms with Crippen LogP contribution in [0.1, 0.15) is 24.8 Å². The molecule has 5 aliphatic heterocycles. The maximum absolute atomic E-state index is 14.1. The van der Waals surface area contributed by atoms with Crippen LogP contribution in [0.15, 0.2) is 18.2 Å². The summed E-state index contributed by atoms with van der Waals surface area (Å²) in [5, 5.41) is 23.8. The molecule has 4 saturated carbocycles. The average Bonchev–Trinajstić information content (AvgIpc) is 3.26. The van der Waals surface area contributed by atoms with Crippen molar-refractivity contribution in [2.45, 2.75) is 60.3 Å². The normalized spacial score (nSPS) is 54.2. The number of aliphatic hydroxyl groups excluding tert-OH is 1. The quantitative estimate of drug-likeness (QED) is 0.636. The Labute approximate surface area is 183 Å². The van der Waals surface area contributed by atoms with E-state index in [1.807, 2.05) is 12.1 Å². The van der Waals surface area contributed by atoms with Crippen molar-refractivity contribution >= 4 is 17.6 Å². The van der Waals surface area contributed by atoms with Gasteiger partial charge in [0, 0.05) is 18.0 Å². The minimum absolute atomic E-state index is 0.214. The van der Waals surface area contributed by atoms with Crippen LogP contribution in [0, 0.1) is 11.3 Å². The van der Waals surface area contributed by atoms with E-state index >= 15 is 0 Å². The number of ether oxygens (including phenoxy) is 3. The van der Waals surface area contributed by atoms with Gasteiger partial charge in [-0.1, -0.05) is 12.1 Å². The van der Waals surface area contributed by atoms with Crippen LogP contribution in [-0.4, -0.2) is 83.4 Å². The first-order valence-corrected chi connectivity index (χ1v) is 11.3. The SMILES string of the molecule is COC(=O)N1c2c(OC)cccc2[C@@]23[C@H]4C(=O)[C@@]5(O)[C@H]6O[C@H]4N4CC[C@H](O)[C@]6(CC[C@]125)[C@H]43. The number of benzene rings is 1. The fraction of sp³-hybridized carbons (Fsp3) is 0.652. The number of hydrogen-bond donors (Lipinski definition) is 2. The number of Topliss-reactive ketones (excluding diaryl/α,β-unsaturated/α-hetero) is 1. The van der Waals surface area contributed by atoms with Gasteiger partial charge < -0.3 is 24.4 Å². The number of fused-ring (bicyclic) bond motifs is 2. The predicted molar refractivity (Wildman–Crippen MR) is 107 cm³/mol. The molecule has 9 nitrogen and oxygen atoms in total. The molecule has 1 aromatic rings. The molecular formula is C23H24N2O7. The highest BCUT2D eigenvalue weighted by molar-refractivity contribution is 6.09. The standard InChI is InChI=1S/C23H24N2O7/c1-30-11-5-3-4-10-14(11)25(19(28)31-2)21-8-7-20-12(26)6-9-24-16-13(22(10,21)17(20)24)15(27)23(21,29)18(20)32-16/h3-5,12-13,16-18,26,29H,6-9H2,1-2H3/t12-,13-,16+,17-,18-,20+,21-,22-,23+/m0/s1. The predicted octanol–water partition coefficient (Wildman–Crippen LogP) is 0.156. The molecule has 8 fully saturated rings. The van der Waals surface area contributed by atoms with E-state index in [4.69, 9.17) is 14.2 Å². The van der Waals surface area contributed by atoms with Crippen LogP contribution >= 0.6 is 0 Å². The highest BCUT2D eigenvalue weighted by Crippen LogP contribution is 2.85. The first-order valence-electron chi connectivity index (χ1n) is 11.3. The number of rotatable bonds is 1. The Hall–Kier alpha value is -2.20. The van der Waals surface area contributed by atoms with Crippen LogP contribution in [-0.2, 0) is 19.7 Å². The lowest BCUT2D eigenvalue weighted by molar-refractivity contribution is -0.350. The molecule has 5 heterocycles. The Balaban J connectivity index is 1.58. The Kier molecular flexibility index (Phi) is 2.76. The number of ketones is 1. The van der Waals surface area contributed by atoms with Crippen molar-refractivity contribution in [1.82, 2.24) is 4.90 Å². The number of amides is 1. The summed E-state index contributed by atoms with van der Waals surface area (Å²) in [6, 6.07) is 5.40. The second-order valence-corrected chi connectivity index (χ2v) is 10.5. The van der Waals surface area contributed by atoms with Gasteiger partial charge in [-0.2, -0.15) is 0 Å². The molecule has 10 atom stereocenters. The first kappa shape index (κ1) is 18.3. The smallest absolute Gasteiger partial charge is 0.414 e. The van der Waals surface area contributed by atoms with Crippen molar-refractivity contribution in [1.29, 1.82) is 0 Å². The van der Waals surface area contributed by atoms with Crippen molar-refractivity contribution in [2.24, 2.45) is 11.3 Å². The maximum Gasteiger partial charge on any atom is 0.414 e. The summed E-state index contributed by atoms with van der Waals surface area (Å²) in [6.07, 6.45) is -1.12. The van der Waals surface area contributed by atoms with E-state index < -0.39 is 52.4 Å². The van der Waals surface area contributed by atoms with Gasteiger partial charge in [-0.15, -0.1) is 0 Å². The Bertz CT molecular complexity index is 1160. The molecule has 9 bridgehead atoms. The first-order chi connectivity index (χ1) is 15.4. The lowest BCUT2D eigenvalue weighted by atomic mass is 9.38. The molecule has 4 aliphatic carbocycles. The van der Waals surface area contributed by atoms with Gasteiger partial charge in [-0.05, 0) is 30.9 Å². The molecule has 1 amide bonds. The number of hydrogen-bond acceptors (Lipinski definition) is 8. The van der Waals surface area contributed by atoms with Gasteiger partial charge >= 0.3 is 6.09 Å². The van der Waals surface area contributed by atoms with E-state index in [0.29, 0.717) is 37.2 Å². The van der Waals surface area contributed by atoms with E-state index in [-0.39, 0.29) is 11.8 Å². The third kappa shape index (κ3) is 1.22. The van der Waals surface area contributed by atoms with Crippen molar-refractivity contribution in [3.05, 3.63) is 23.8 Å². The zero-order valence-electron chi connectivity index (χ0n) is 17.8. The van der Waals surface area contributed by atoms with Gasteiger partial charge in [-0.25, -0.2) is 4.79 Å². The summed E-state index contributed by atoms with van der Waals surface area (Å²) in [5.41, 5.74) is -3.45. The fourth-order valence-corrected chi connectivity index (χ4v) is 9.87. The van der Waals surface area contributed by atoms with Gasteiger partial charge in [0.15, 0.2) is 11.4 Å². The van der Waals surface area contributed by atoms with Crippen LogP contribution in [0.25, 0.3) is 0 Å². The van der Waals surface area contributed by atoms with Crippen molar-refractivity contribution in [2.75, 3.05) is 25.7 Å². The molecule has 10 rings (SSSR count). The third-order valence-corrected chi connectivity index (χ3v) is 10.3. The average molecular weight is 440 g/mol. The summed E-state index contributed by atoms with van der Waals surface area (Å²) in [6.45, 7) is 0.614. The number of methoxy groups -OCH3 is 2. The van der Waals surface area contributed by atoms with Crippen LogP contribution in [0.3, 0.4) is 0 Å². The summed E-state index contributed by atoms with van der Waals surface area (Å²) in [7, 11) is 2.86. The number of nitrogens with zero attached hydrogens (tertiary/aromatic N) is 2. The number of carbonyl (C=O) groups excluding carboxylic acids is 2. The Morgan fingerprint density at radius 2 is 2.09 bits per heavy atom. The maximum atomic E-state index is 14.1. The monoisotopic (exact) mass is 440 g/mol. The van der Waals surface area contributed by atoms with E-state index in [1.165, 1.54) is 12.0 Å². The number of piperidine rings is 1. The molecule has 32 heavy (non-hydrogen) atoms. The summed E-state index contributed by atoms with van der Waals surface area (Å²) < 4.78 is 17.4. The zero-order valence-corrected chi connectivity index (χ0v) is 17.8. The van der Waals surface area contributed by atoms with Crippen LogP contribution in [0.2, 0.25) is 0 Å². The molecule has 1 aromatic carbocycles. The van der Waals surface area contributed by atoms with E-state index in [2.05, 4.69) is 4.90 Å². The molecule has 1 unspecified atom stereocenters. The zero-order chi connectivity index (χ0) is 22.0. The lowest BCUT2D eigenvalue weighted by Gasteiger charge is -2.74. The van der Waals surface area contributed by atoms with Crippen molar-refractivity contribution in [3.8, 4) is 5.75 Å². The highest BCUT2D eigenvalue weighted by Gasteiger charge is 3.01. The third-order valence-electron chi connectivity index (χ3n) is 10.3. The largest absolute Gasteiger partial charge is 0.495 e. The van der Waals surface area contributed by atoms with E-state index in [1.54, 1.807) is 13.2 Å². The topological polar surface area (TPSA) is 109 Å². The van der Waals surface area contributed by atoms with Crippen molar-refractivity contribution < 1.29 is 34.0 Å². The molecule has 9 aliphatic rings. The number of carbonyl (C=O) groups is 2. The van der Waals surface area contributed by atoms with Gasteiger partial charge in [0.2, 0.25) is 0 Å². The molecule has 168 valence electrons. The minimum atomic E-state index is -1.93. The summed E-state index contributed by atoms with van der Waals surface area (Å²) in [4.78, 5) is 31.3. The molecule has 4 saturated heterocycles. The fourth-order valence-electron chi connectivity index (χ4n) is 9.87. The number of aliphatic hydroxyl groups is 2. The molecule has 0 aromatic heterocycles. The van der Waals surface area contributed by atoms with Gasteiger partial charge in [0.05, 0.1) is 37.3 Å². The van der Waals surface area contributed by atoms with Crippen LogP contribution in [0.5, 0.6) is 5.75 Å². The van der Waals surface area contributed by atoms with Crippen LogP contribution in [0.4, 0.5) is 10.5 Å². The lowest BCUT2D eigenvalue weighted by Crippen LogP contribution is -2.91. The molecule has 9 heteroatoms. The number of anilines is 1. The Morgan fingerprint density at radius 3 is 2.84 bits per heavy atom. The van der Waals surface area contributed by atoms with Gasteiger partial charge in [-0.3, -0.25) is 14.6 Å². The van der Waals surface area contributed by atoms with Crippen molar-refractivity contribution in [3.63, 3.8) is 0 Å².